The molecule has 4 aromatic carbocycles. The van der Waals surface area contributed by atoms with E-state index in [0.717, 1.165) is 28.6 Å². The first kappa shape index (κ1) is 18.9. The lowest BCUT2D eigenvalue weighted by Crippen LogP contribution is -2.27. The van der Waals surface area contributed by atoms with E-state index in [-0.39, 0.29) is 5.41 Å². The van der Waals surface area contributed by atoms with E-state index in [4.69, 9.17) is 9.47 Å². The topological polar surface area (TPSA) is 18.5 Å². The maximum absolute atomic E-state index is 6.60. The molecule has 0 bridgehead atoms. The Morgan fingerprint density at radius 2 is 1.30 bits per heavy atom. The van der Waals surface area contributed by atoms with E-state index in [9.17, 15) is 0 Å². The fraction of sp³-hybridized carbons (Fsp3) is 0.111. The highest BCUT2D eigenvalue weighted by Gasteiger charge is 2.37. The van der Waals surface area contributed by atoms with Gasteiger partial charge in [0.25, 0.3) is 0 Å². The molecule has 0 aliphatic carbocycles. The Kier molecular flexibility index (Phi) is 4.81. The fourth-order valence-corrected chi connectivity index (χ4v) is 5.12. The van der Waals surface area contributed by atoms with E-state index in [1.54, 1.807) is 0 Å². The zero-order valence-corrected chi connectivity index (χ0v) is 18.1. The van der Waals surface area contributed by atoms with Crippen LogP contribution in [0.1, 0.15) is 25.0 Å². The highest BCUT2D eigenvalue weighted by atomic mass is 31.1. The van der Waals surface area contributed by atoms with Gasteiger partial charge in [-0.25, -0.2) is 0 Å². The third kappa shape index (κ3) is 3.38. The minimum Gasteiger partial charge on any atom is -0.453 e. The molecular weight excluding hydrogens is 387 g/mol. The van der Waals surface area contributed by atoms with Crippen LogP contribution in [-0.4, -0.2) is 0 Å². The lowest BCUT2D eigenvalue weighted by atomic mass is 9.75. The molecule has 2 nitrogen and oxygen atoms in total. The second-order valence-corrected chi connectivity index (χ2v) is 9.31. The predicted molar refractivity (Wildman–Crippen MR) is 126 cm³/mol. The normalized spacial score (nSPS) is 14.1. The number of hydrogen-bond donors (Lipinski definition) is 0. The molecule has 0 N–H and O–H groups in total. The van der Waals surface area contributed by atoms with Crippen LogP contribution in [0, 0.1) is 0 Å². The summed E-state index contributed by atoms with van der Waals surface area (Å²) in [4.78, 5) is 0. The van der Waals surface area contributed by atoms with Crippen LogP contribution < -0.4 is 20.1 Å². The van der Waals surface area contributed by atoms with Crippen molar-refractivity contribution in [1.29, 1.82) is 0 Å². The van der Waals surface area contributed by atoms with Crippen molar-refractivity contribution in [2.24, 2.45) is 0 Å². The Morgan fingerprint density at radius 1 is 0.667 bits per heavy atom. The average molecular weight is 410 g/mol. The van der Waals surface area contributed by atoms with Crippen LogP contribution >= 0.6 is 8.58 Å². The van der Waals surface area contributed by atoms with Crippen molar-refractivity contribution in [3.05, 3.63) is 108 Å². The molecule has 0 radical (unpaired) electrons. The highest BCUT2D eigenvalue weighted by molar-refractivity contribution is 7.55. The van der Waals surface area contributed by atoms with Crippen molar-refractivity contribution in [3.8, 4) is 23.0 Å². The van der Waals surface area contributed by atoms with E-state index in [1.165, 1.54) is 16.2 Å². The molecule has 0 fully saturated rings. The molecular formula is C27H23O2P. The molecule has 30 heavy (non-hydrogen) atoms. The minimum atomic E-state index is -0.184. The Labute approximate surface area is 179 Å². The first-order chi connectivity index (χ1) is 14.6. The molecule has 5 rings (SSSR count). The third-order valence-electron chi connectivity index (χ3n) is 5.57. The van der Waals surface area contributed by atoms with Crippen LogP contribution in [0.2, 0.25) is 0 Å². The molecule has 0 saturated heterocycles. The van der Waals surface area contributed by atoms with Crippen molar-refractivity contribution in [1.82, 2.24) is 0 Å². The zero-order chi connectivity index (χ0) is 20.6. The summed E-state index contributed by atoms with van der Waals surface area (Å²) >= 11 is 0. The molecule has 0 aromatic heterocycles. The predicted octanol–water partition coefficient (Wildman–Crippen LogP) is 6.54. The van der Waals surface area contributed by atoms with Gasteiger partial charge in [-0.3, -0.25) is 0 Å². The van der Waals surface area contributed by atoms with Gasteiger partial charge in [0.05, 0.1) is 0 Å². The Balaban J connectivity index is 1.60. The molecule has 1 unspecified atom stereocenters. The lowest BCUT2D eigenvalue weighted by molar-refractivity contribution is 0.384. The van der Waals surface area contributed by atoms with Crippen molar-refractivity contribution >= 4 is 19.2 Å². The number of fused-ring (bicyclic) bond motifs is 2. The summed E-state index contributed by atoms with van der Waals surface area (Å²) in [6, 6.07) is 33.1. The minimum absolute atomic E-state index is 0.184. The molecule has 148 valence electrons. The number of ether oxygens (including phenoxy) is 2. The number of benzene rings is 4. The van der Waals surface area contributed by atoms with Gasteiger partial charge in [-0.05, 0) is 23.5 Å². The van der Waals surface area contributed by atoms with E-state index >= 15 is 0 Å². The van der Waals surface area contributed by atoms with Gasteiger partial charge in [0.2, 0.25) is 0 Å². The van der Waals surface area contributed by atoms with Gasteiger partial charge in [0, 0.05) is 21.8 Å². The number of rotatable bonds is 4. The average Bonchev–Trinajstić information content (AvgIpc) is 2.77. The Hall–Kier alpha value is -3.09. The van der Waals surface area contributed by atoms with Crippen LogP contribution in [0.3, 0.4) is 0 Å². The Bertz CT molecular complexity index is 1090. The number of hydrogen-bond acceptors (Lipinski definition) is 2. The molecule has 1 heterocycles. The fourth-order valence-electron chi connectivity index (χ4n) is 3.97. The van der Waals surface area contributed by atoms with Crippen molar-refractivity contribution in [2.75, 3.05) is 0 Å². The van der Waals surface area contributed by atoms with E-state index in [0.29, 0.717) is 8.58 Å². The van der Waals surface area contributed by atoms with Crippen LogP contribution in [0.5, 0.6) is 23.0 Å². The van der Waals surface area contributed by atoms with Gasteiger partial charge in [0.15, 0.2) is 11.5 Å². The van der Waals surface area contributed by atoms with Gasteiger partial charge >= 0.3 is 0 Å². The summed E-state index contributed by atoms with van der Waals surface area (Å²) in [5.74, 6) is 3.32. The monoisotopic (exact) mass is 410 g/mol. The maximum Gasteiger partial charge on any atom is 0.174 e. The lowest BCUT2D eigenvalue weighted by Gasteiger charge is -2.36. The summed E-state index contributed by atoms with van der Waals surface area (Å²) in [5, 5.41) is 2.51. The molecule has 1 aliphatic heterocycles. The van der Waals surface area contributed by atoms with Crippen LogP contribution in [-0.2, 0) is 5.41 Å². The summed E-state index contributed by atoms with van der Waals surface area (Å²) in [7, 11) is 0.533. The van der Waals surface area contributed by atoms with E-state index < -0.39 is 0 Å². The van der Waals surface area contributed by atoms with Crippen molar-refractivity contribution in [2.45, 2.75) is 19.3 Å². The molecule has 4 aromatic rings. The number of para-hydroxylation sites is 3. The maximum atomic E-state index is 6.60. The first-order valence-electron chi connectivity index (χ1n) is 10.1. The van der Waals surface area contributed by atoms with E-state index in [1.807, 2.05) is 42.5 Å². The summed E-state index contributed by atoms with van der Waals surface area (Å²) < 4.78 is 12.8. The molecule has 1 atom stereocenters. The van der Waals surface area contributed by atoms with Crippen molar-refractivity contribution in [3.63, 3.8) is 0 Å². The Morgan fingerprint density at radius 3 is 2.03 bits per heavy atom. The molecule has 3 heteroatoms. The summed E-state index contributed by atoms with van der Waals surface area (Å²) in [6.07, 6.45) is 0. The van der Waals surface area contributed by atoms with Crippen molar-refractivity contribution < 1.29 is 9.47 Å². The second kappa shape index (κ2) is 7.63. The van der Waals surface area contributed by atoms with Gasteiger partial charge in [-0.15, -0.1) is 0 Å². The molecule has 0 saturated carbocycles. The second-order valence-electron chi connectivity index (χ2n) is 7.95. The SMILES string of the molecule is CC1(C)c2cccc(Oc3ccccc3)c2Oc2c(Pc3ccccc3)cccc21. The van der Waals surface area contributed by atoms with Crippen LogP contribution in [0.25, 0.3) is 0 Å². The zero-order valence-electron chi connectivity index (χ0n) is 17.1. The largest absolute Gasteiger partial charge is 0.453 e. The third-order valence-corrected chi connectivity index (χ3v) is 6.85. The molecule has 1 aliphatic rings. The van der Waals surface area contributed by atoms with Gasteiger partial charge < -0.3 is 9.47 Å². The first-order valence-corrected chi connectivity index (χ1v) is 11.1. The highest BCUT2D eigenvalue weighted by Crippen LogP contribution is 2.51. The van der Waals surface area contributed by atoms with Crippen LogP contribution in [0.4, 0.5) is 0 Å². The molecule has 0 spiro atoms. The van der Waals surface area contributed by atoms with Gasteiger partial charge in [-0.1, -0.05) is 101 Å². The van der Waals surface area contributed by atoms with Gasteiger partial charge in [0.1, 0.15) is 11.5 Å². The van der Waals surface area contributed by atoms with Gasteiger partial charge in [-0.2, -0.15) is 0 Å². The summed E-state index contributed by atoms with van der Waals surface area (Å²) in [5.41, 5.74) is 2.17. The van der Waals surface area contributed by atoms with E-state index in [2.05, 4.69) is 68.4 Å². The molecule has 0 amide bonds. The van der Waals surface area contributed by atoms with Crippen LogP contribution in [0.15, 0.2) is 97.1 Å². The quantitative estimate of drug-likeness (QED) is 0.356. The smallest absolute Gasteiger partial charge is 0.174 e. The standard InChI is InChI=1S/C27H23O2P/c1-27(2)21-15-9-17-23(28-19-11-5-3-6-12-19)25(21)29-26-22(27)16-10-18-24(26)30-20-13-7-4-8-14-20/h3-18,30H,1-2H3. The summed E-state index contributed by atoms with van der Waals surface area (Å²) in [6.45, 7) is 4.52.